The molecule has 6 heteroatoms. The number of imidazole rings is 1. The first-order valence-electron chi connectivity index (χ1n) is 20.6. The van der Waals surface area contributed by atoms with Crippen molar-refractivity contribution in [3.8, 4) is 62.1 Å². The molecule has 300 valence electrons. The zero-order valence-electron chi connectivity index (χ0n) is 33.8. The molecule has 8 aromatic carbocycles. The molecule has 0 N–H and O–H groups in total. The predicted molar refractivity (Wildman–Crippen MR) is 246 cm³/mol. The van der Waals surface area contributed by atoms with Crippen LogP contribution < -0.4 is 9.30 Å². The van der Waals surface area contributed by atoms with Gasteiger partial charge in [0.15, 0.2) is 0 Å². The number of ether oxygens (including phenoxy) is 1. The van der Waals surface area contributed by atoms with Crippen molar-refractivity contribution in [3.05, 3.63) is 224 Å². The van der Waals surface area contributed by atoms with Crippen LogP contribution in [0.1, 0.15) is 12.5 Å². The number of hydrogen-bond donors (Lipinski definition) is 0. The quantitative estimate of drug-likeness (QED) is 0.107. The minimum Gasteiger partial charge on any atom is -0.510 e. The first kappa shape index (κ1) is 38.8. The minimum atomic E-state index is 0. The Bertz CT molecular complexity index is 3320. The number of nitrogens with zero attached hydrogens (tertiary/aromatic N) is 4. The second kappa shape index (κ2) is 16.6. The summed E-state index contributed by atoms with van der Waals surface area (Å²) in [6.45, 7) is 2.19. The summed E-state index contributed by atoms with van der Waals surface area (Å²) in [5, 5.41) is 2.21. The second-order valence-corrected chi connectivity index (χ2v) is 15.1. The summed E-state index contributed by atoms with van der Waals surface area (Å²) in [5.74, 6) is 2.00. The molecule has 0 atom stereocenters. The molecule has 0 fully saturated rings. The molecule has 3 heterocycles. The standard InChI is InChI=1S/C56H38N4O.Pt/c1-2-39-34-55(57-37-50(39)42-22-10-5-11-23-42)60-51-29-13-12-26-48(51)49-33-32-45(36-54(49)60)61-44-25-16-24-43(35-44)58-38-59(53-31-15-14-30-52(53)58)56-46(40-18-6-3-7-19-40)27-17-28-47(56)41-20-8-4-9-21-41;/h3-34,37H,2H2,1H3;/q-2;. The van der Waals surface area contributed by atoms with Gasteiger partial charge in [-0.3, -0.25) is 4.57 Å². The van der Waals surface area contributed by atoms with Gasteiger partial charge in [-0.15, -0.1) is 29.7 Å². The van der Waals surface area contributed by atoms with E-state index in [9.17, 15) is 0 Å². The molecule has 0 saturated carbocycles. The van der Waals surface area contributed by atoms with Gasteiger partial charge in [0.1, 0.15) is 5.82 Å². The van der Waals surface area contributed by atoms with Crippen LogP contribution >= 0.6 is 0 Å². The van der Waals surface area contributed by atoms with E-state index in [2.05, 4.69) is 203 Å². The Morgan fingerprint density at radius 3 is 1.84 bits per heavy atom. The summed E-state index contributed by atoms with van der Waals surface area (Å²) >= 11 is 0. The molecule has 0 unspecified atom stereocenters. The Hall–Kier alpha value is -7.33. The Morgan fingerprint density at radius 2 is 1.15 bits per heavy atom. The fourth-order valence-electron chi connectivity index (χ4n) is 8.58. The average Bonchev–Trinajstić information content (AvgIpc) is 3.88. The van der Waals surface area contributed by atoms with Crippen LogP contribution in [0.3, 0.4) is 0 Å². The van der Waals surface area contributed by atoms with Gasteiger partial charge in [-0.2, -0.15) is 18.2 Å². The van der Waals surface area contributed by atoms with Crippen LogP contribution in [0, 0.1) is 18.5 Å². The largest absolute Gasteiger partial charge is 0.510 e. The molecular weight excluding hydrogens is 940 g/mol. The van der Waals surface area contributed by atoms with Crippen LogP contribution in [0.4, 0.5) is 0 Å². The molecule has 0 spiro atoms. The number of para-hydroxylation sites is 4. The van der Waals surface area contributed by atoms with Crippen LogP contribution in [-0.2, 0) is 27.5 Å². The summed E-state index contributed by atoms with van der Waals surface area (Å²) in [4.78, 5) is 5.05. The van der Waals surface area contributed by atoms with Crippen molar-refractivity contribution in [2.24, 2.45) is 0 Å². The summed E-state index contributed by atoms with van der Waals surface area (Å²) in [6, 6.07) is 74.5. The Kier molecular flexibility index (Phi) is 10.4. The van der Waals surface area contributed by atoms with Crippen LogP contribution in [0.15, 0.2) is 200 Å². The van der Waals surface area contributed by atoms with Gasteiger partial charge < -0.3 is 13.9 Å². The number of rotatable bonds is 9. The maximum absolute atomic E-state index is 6.64. The van der Waals surface area contributed by atoms with Gasteiger partial charge >= 0.3 is 0 Å². The van der Waals surface area contributed by atoms with Crippen molar-refractivity contribution < 1.29 is 30.4 Å². The number of benzene rings is 8. The van der Waals surface area contributed by atoms with Crippen molar-refractivity contribution in [2.75, 3.05) is 0 Å². The van der Waals surface area contributed by atoms with Crippen molar-refractivity contribution in [2.45, 2.75) is 13.3 Å². The summed E-state index contributed by atoms with van der Waals surface area (Å²) in [6.07, 6.45) is 6.63. The number of fused-ring (bicyclic) bond motifs is 4. The molecule has 0 bridgehead atoms. The number of hydrogen-bond acceptors (Lipinski definition) is 2. The molecule has 0 aliphatic rings. The number of pyridine rings is 1. The number of aryl methyl sites for hydroxylation is 1. The van der Waals surface area contributed by atoms with Gasteiger partial charge in [-0.25, -0.2) is 4.98 Å². The van der Waals surface area contributed by atoms with E-state index >= 15 is 0 Å². The van der Waals surface area contributed by atoms with E-state index in [-0.39, 0.29) is 21.1 Å². The molecule has 11 aromatic rings. The van der Waals surface area contributed by atoms with Gasteiger partial charge in [0.25, 0.3) is 6.33 Å². The predicted octanol–water partition coefficient (Wildman–Crippen LogP) is 13.2. The van der Waals surface area contributed by atoms with Gasteiger partial charge in [-0.1, -0.05) is 164 Å². The van der Waals surface area contributed by atoms with Crippen LogP contribution in [0.2, 0.25) is 0 Å². The first-order chi connectivity index (χ1) is 30.2. The average molecular weight is 978 g/mol. The van der Waals surface area contributed by atoms with E-state index in [4.69, 9.17) is 9.72 Å². The molecule has 62 heavy (non-hydrogen) atoms. The molecule has 3 aromatic heterocycles. The van der Waals surface area contributed by atoms with E-state index in [1.54, 1.807) is 0 Å². The Morgan fingerprint density at radius 1 is 0.548 bits per heavy atom. The van der Waals surface area contributed by atoms with Crippen molar-refractivity contribution >= 4 is 32.8 Å². The van der Waals surface area contributed by atoms with Crippen LogP contribution in [-0.4, -0.2) is 14.1 Å². The fourth-order valence-corrected chi connectivity index (χ4v) is 8.58. The van der Waals surface area contributed by atoms with Gasteiger partial charge in [0, 0.05) is 49.8 Å². The monoisotopic (exact) mass is 977 g/mol. The molecule has 0 radical (unpaired) electrons. The summed E-state index contributed by atoms with van der Waals surface area (Å²) in [7, 11) is 0. The fraction of sp³-hybridized carbons (Fsp3) is 0.0357. The van der Waals surface area contributed by atoms with E-state index in [0.29, 0.717) is 11.5 Å². The third kappa shape index (κ3) is 6.91. The molecule has 5 nitrogen and oxygen atoms in total. The van der Waals surface area contributed by atoms with E-state index < -0.39 is 0 Å². The molecular formula is C56H38N4OPt-2. The maximum atomic E-state index is 6.64. The normalized spacial score (nSPS) is 11.2. The molecule has 0 amide bonds. The molecule has 0 aliphatic heterocycles. The smallest absolute Gasteiger partial charge is 0.268 e. The van der Waals surface area contributed by atoms with Gasteiger partial charge in [0.2, 0.25) is 0 Å². The molecule has 0 aliphatic carbocycles. The minimum absolute atomic E-state index is 0. The maximum Gasteiger partial charge on any atom is 0.268 e. The first-order valence-corrected chi connectivity index (χ1v) is 20.6. The molecule has 11 rings (SSSR count). The summed E-state index contributed by atoms with van der Waals surface area (Å²) < 4.78 is 13.1. The van der Waals surface area contributed by atoms with Crippen molar-refractivity contribution in [1.82, 2.24) is 14.1 Å². The Balaban J connectivity index is 0.00000458. The van der Waals surface area contributed by atoms with Crippen LogP contribution in [0.5, 0.6) is 11.5 Å². The third-order valence-corrected chi connectivity index (χ3v) is 11.4. The van der Waals surface area contributed by atoms with E-state index in [1.807, 2.05) is 36.5 Å². The molecule has 0 saturated heterocycles. The zero-order chi connectivity index (χ0) is 40.7. The van der Waals surface area contributed by atoms with E-state index in [0.717, 1.165) is 89.8 Å². The Labute approximate surface area is 375 Å². The third-order valence-electron chi connectivity index (χ3n) is 11.4. The SMILES string of the molecule is CCc1cc(-n2c3[c-]c(Oc4[c-]c(-n5[c-][n+](-c6c(-c7ccccc7)cccc6-c6ccccc6)c6ccccc65)ccc4)ccc3c3ccccc32)ncc1-c1ccccc1.[Pt]. The topological polar surface area (TPSA) is 35.9 Å². The van der Waals surface area contributed by atoms with Crippen LogP contribution in [0.25, 0.3) is 83.4 Å². The van der Waals surface area contributed by atoms with Gasteiger partial charge in [0.05, 0.1) is 16.7 Å². The second-order valence-electron chi connectivity index (χ2n) is 15.1. The zero-order valence-corrected chi connectivity index (χ0v) is 36.0. The van der Waals surface area contributed by atoms with Crippen molar-refractivity contribution in [1.29, 1.82) is 0 Å². The van der Waals surface area contributed by atoms with E-state index in [1.165, 1.54) is 5.56 Å². The van der Waals surface area contributed by atoms with Crippen molar-refractivity contribution in [3.63, 3.8) is 0 Å². The van der Waals surface area contributed by atoms with Gasteiger partial charge in [-0.05, 0) is 63.0 Å². The summed E-state index contributed by atoms with van der Waals surface area (Å²) in [5.41, 5.74) is 13.9. The number of aromatic nitrogens is 4.